The number of carbonyl (C=O) groups is 2. The Bertz CT molecular complexity index is 919. The number of benzene rings is 2. The van der Waals surface area contributed by atoms with Crippen molar-refractivity contribution in [3.8, 4) is 5.75 Å². The van der Waals surface area contributed by atoms with Crippen molar-refractivity contribution in [2.75, 3.05) is 13.2 Å². The van der Waals surface area contributed by atoms with Crippen LogP contribution in [0.25, 0.3) is 0 Å². The molecule has 33 heavy (non-hydrogen) atoms. The number of rotatable bonds is 10. The summed E-state index contributed by atoms with van der Waals surface area (Å²) in [5, 5.41) is 3.78. The van der Waals surface area contributed by atoms with Gasteiger partial charge in [-0.25, -0.2) is 0 Å². The highest BCUT2D eigenvalue weighted by Crippen LogP contribution is 2.27. The van der Waals surface area contributed by atoms with Crippen LogP contribution in [0.4, 0.5) is 0 Å². The van der Waals surface area contributed by atoms with Crippen LogP contribution in [0.2, 0.25) is 10.0 Å². The number of ether oxygens (including phenoxy) is 1. The third-order valence-corrected chi connectivity index (χ3v) is 6.12. The van der Waals surface area contributed by atoms with E-state index in [-0.39, 0.29) is 30.4 Å². The number of amides is 2. The number of hydrogen-bond acceptors (Lipinski definition) is 3. The van der Waals surface area contributed by atoms with Crippen molar-refractivity contribution in [3.63, 3.8) is 0 Å². The SMILES string of the molecule is CCCNC(=O)C(CC)N(Cc1c(Cl)cccc1Cl)C(=O)COc1ccc(C(C)(C)C)cc1. The van der Waals surface area contributed by atoms with Gasteiger partial charge in [-0.15, -0.1) is 0 Å². The minimum Gasteiger partial charge on any atom is -0.484 e. The van der Waals surface area contributed by atoms with E-state index in [9.17, 15) is 9.59 Å². The van der Waals surface area contributed by atoms with E-state index in [0.29, 0.717) is 34.3 Å². The van der Waals surface area contributed by atoms with E-state index in [0.717, 1.165) is 6.42 Å². The van der Waals surface area contributed by atoms with Gasteiger partial charge in [0.25, 0.3) is 5.91 Å². The van der Waals surface area contributed by atoms with Crippen LogP contribution < -0.4 is 10.1 Å². The number of carbonyl (C=O) groups excluding carboxylic acids is 2. The standard InChI is InChI=1S/C26H34Cl2N2O3/c1-6-15-29-25(32)23(7-2)30(16-20-21(27)9-8-10-22(20)28)24(31)17-33-19-13-11-18(12-14-19)26(3,4)5/h8-14,23H,6-7,15-17H2,1-5H3,(H,29,32). The molecule has 0 saturated carbocycles. The molecule has 0 bridgehead atoms. The third kappa shape index (κ3) is 7.65. The second-order valence-corrected chi connectivity index (χ2v) is 9.81. The highest BCUT2D eigenvalue weighted by molar-refractivity contribution is 6.36. The molecule has 2 aromatic carbocycles. The average molecular weight is 493 g/mol. The van der Waals surface area contributed by atoms with Crippen molar-refractivity contribution in [2.45, 2.75) is 65.5 Å². The molecular weight excluding hydrogens is 459 g/mol. The lowest BCUT2D eigenvalue weighted by atomic mass is 9.87. The van der Waals surface area contributed by atoms with Crippen molar-refractivity contribution in [2.24, 2.45) is 0 Å². The molecule has 2 rings (SSSR count). The van der Waals surface area contributed by atoms with Crippen LogP contribution in [0.1, 0.15) is 58.6 Å². The molecule has 0 heterocycles. The molecule has 5 nitrogen and oxygen atoms in total. The van der Waals surface area contributed by atoms with Crippen molar-refractivity contribution in [1.29, 1.82) is 0 Å². The normalized spacial score (nSPS) is 12.2. The summed E-state index contributed by atoms with van der Waals surface area (Å²) < 4.78 is 5.78. The predicted octanol–water partition coefficient (Wildman–Crippen LogP) is 6.00. The van der Waals surface area contributed by atoms with E-state index in [1.165, 1.54) is 10.5 Å². The zero-order valence-electron chi connectivity index (χ0n) is 20.1. The molecule has 0 aliphatic carbocycles. The largest absolute Gasteiger partial charge is 0.484 e. The molecule has 2 amide bonds. The molecule has 0 fully saturated rings. The van der Waals surface area contributed by atoms with Crippen LogP contribution in [0.15, 0.2) is 42.5 Å². The Balaban J connectivity index is 2.24. The zero-order chi connectivity index (χ0) is 24.6. The number of nitrogens with one attached hydrogen (secondary N) is 1. The van der Waals surface area contributed by atoms with E-state index in [4.69, 9.17) is 27.9 Å². The van der Waals surface area contributed by atoms with Gasteiger partial charge in [0, 0.05) is 28.7 Å². The van der Waals surface area contributed by atoms with E-state index >= 15 is 0 Å². The lowest BCUT2D eigenvalue weighted by molar-refractivity contribution is -0.143. The zero-order valence-corrected chi connectivity index (χ0v) is 21.6. The highest BCUT2D eigenvalue weighted by atomic mass is 35.5. The monoisotopic (exact) mass is 492 g/mol. The molecule has 1 atom stereocenters. The van der Waals surface area contributed by atoms with E-state index in [1.54, 1.807) is 18.2 Å². The lowest BCUT2D eigenvalue weighted by Crippen LogP contribution is -2.50. The number of hydrogen-bond donors (Lipinski definition) is 1. The highest BCUT2D eigenvalue weighted by Gasteiger charge is 2.30. The lowest BCUT2D eigenvalue weighted by Gasteiger charge is -2.31. The molecule has 180 valence electrons. The van der Waals surface area contributed by atoms with Crippen molar-refractivity contribution in [1.82, 2.24) is 10.2 Å². The minimum absolute atomic E-state index is 0.0273. The van der Waals surface area contributed by atoms with Crippen molar-refractivity contribution in [3.05, 3.63) is 63.6 Å². The Labute approximate surface area is 207 Å². The van der Waals surface area contributed by atoms with Crippen LogP contribution >= 0.6 is 23.2 Å². The third-order valence-electron chi connectivity index (χ3n) is 5.41. The van der Waals surface area contributed by atoms with E-state index < -0.39 is 6.04 Å². The Morgan fingerprint density at radius 3 is 2.15 bits per heavy atom. The fraction of sp³-hybridized carbons (Fsp3) is 0.462. The first kappa shape index (κ1) is 27.0. The fourth-order valence-corrected chi connectivity index (χ4v) is 3.94. The summed E-state index contributed by atoms with van der Waals surface area (Å²) in [5.41, 5.74) is 1.81. The summed E-state index contributed by atoms with van der Waals surface area (Å²) in [6.45, 7) is 10.7. The molecule has 1 N–H and O–H groups in total. The number of halogens is 2. The maximum atomic E-state index is 13.3. The van der Waals surface area contributed by atoms with E-state index in [2.05, 4.69) is 26.1 Å². The van der Waals surface area contributed by atoms with Gasteiger partial charge < -0.3 is 15.0 Å². The molecule has 1 unspecified atom stereocenters. The van der Waals surface area contributed by atoms with Crippen molar-refractivity contribution < 1.29 is 14.3 Å². The predicted molar refractivity (Wildman–Crippen MR) is 135 cm³/mol. The molecule has 0 spiro atoms. The Morgan fingerprint density at radius 1 is 1.03 bits per heavy atom. The van der Waals surface area contributed by atoms with Crippen molar-refractivity contribution >= 4 is 35.0 Å². The van der Waals surface area contributed by atoms with Crippen LogP contribution in [-0.2, 0) is 21.5 Å². The summed E-state index contributed by atoms with van der Waals surface area (Å²) in [7, 11) is 0. The first-order chi connectivity index (χ1) is 15.6. The maximum absolute atomic E-state index is 13.3. The summed E-state index contributed by atoms with van der Waals surface area (Å²) in [6, 6.07) is 12.2. The molecule has 0 saturated heterocycles. The summed E-state index contributed by atoms with van der Waals surface area (Å²) in [6.07, 6.45) is 1.25. The van der Waals surface area contributed by atoms with Crippen LogP contribution in [-0.4, -0.2) is 35.9 Å². The van der Waals surface area contributed by atoms with Gasteiger partial charge in [0.2, 0.25) is 5.91 Å². The minimum atomic E-state index is -0.664. The molecule has 0 aliphatic rings. The van der Waals surface area contributed by atoms with Gasteiger partial charge >= 0.3 is 0 Å². The first-order valence-corrected chi connectivity index (χ1v) is 12.1. The second-order valence-electron chi connectivity index (χ2n) is 9.00. The van der Waals surface area contributed by atoms with Crippen LogP contribution in [0, 0.1) is 0 Å². The molecule has 0 aliphatic heterocycles. The van der Waals surface area contributed by atoms with Crippen LogP contribution in [0.3, 0.4) is 0 Å². The Morgan fingerprint density at radius 2 is 1.64 bits per heavy atom. The molecular formula is C26H34Cl2N2O3. The summed E-state index contributed by atoms with van der Waals surface area (Å²) in [5.74, 6) is 0.0744. The Hall–Kier alpha value is -2.24. The molecule has 2 aromatic rings. The van der Waals surface area contributed by atoms with Gasteiger partial charge in [-0.3, -0.25) is 9.59 Å². The summed E-state index contributed by atoms with van der Waals surface area (Å²) in [4.78, 5) is 27.6. The fourth-order valence-electron chi connectivity index (χ4n) is 3.42. The smallest absolute Gasteiger partial charge is 0.261 e. The summed E-state index contributed by atoms with van der Waals surface area (Å²) >= 11 is 12.7. The topological polar surface area (TPSA) is 58.6 Å². The molecule has 0 aromatic heterocycles. The van der Waals surface area contributed by atoms with Gasteiger partial charge in [0.1, 0.15) is 11.8 Å². The van der Waals surface area contributed by atoms with Gasteiger partial charge in [-0.2, -0.15) is 0 Å². The first-order valence-electron chi connectivity index (χ1n) is 11.3. The Kier molecular flexibility index (Phi) is 10.1. The van der Waals surface area contributed by atoms with Crippen LogP contribution in [0.5, 0.6) is 5.75 Å². The quantitative estimate of drug-likeness (QED) is 0.442. The second kappa shape index (κ2) is 12.3. The van der Waals surface area contributed by atoms with Gasteiger partial charge in [-0.05, 0) is 48.1 Å². The van der Waals surface area contributed by atoms with Gasteiger partial charge in [-0.1, -0.05) is 76.0 Å². The maximum Gasteiger partial charge on any atom is 0.261 e. The number of nitrogens with zero attached hydrogens (tertiary/aromatic N) is 1. The van der Waals surface area contributed by atoms with Gasteiger partial charge in [0.15, 0.2) is 6.61 Å². The molecule has 7 heteroatoms. The van der Waals surface area contributed by atoms with Gasteiger partial charge in [0.05, 0.1) is 0 Å². The van der Waals surface area contributed by atoms with E-state index in [1.807, 2.05) is 38.1 Å². The average Bonchev–Trinajstić information content (AvgIpc) is 2.77. The molecule has 0 radical (unpaired) electrons.